The Morgan fingerprint density at radius 2 is 1.61 bits per heavy atom. The second-order valence-electron chi connectivity index (χ2n) is 3.58. The Kier molecular flexibility index (Phi) is 3.89. The van der Waals surface area contributed by atoms with Crippen LogP contribution in [-0.2, 0) is 0 Å². The highest BCUT2D eigenvalue weighted by Gasteiger charge is 2.07. The SMILES string of the molecule is O=Cc1ccc(OC(=O)c2ccc(Br)cc2)cc1. The first kappa shape index (κ1) is 12.5. The molecular formula is C14H9BrO3. The first-order valence-electron chi connectivity index (χ1n) is 5.22. The largest absolute Gasteiger partial charge is 0.423 e. The van der Waals surface area contributed by atoms with Gasteiger partial charge in [-0.15, -0.1) is 0 Å². The highest BCUT2D eigenvalue weighted by atomic mass is 79.9. The van der Waals surface area contributed by atoms with E-state index in [1.54, 1.807) is 48.5 Å². The van der Waals surface area contributed by atoms with Crippen LogP contribution in [0.3, 0.4) is 0 Å². The minimum absolute atomic E-state index is 0.411. The highest BCUT2D eigenvalue weighted by molar-refractivity contribution is 9.10. The van der Waals surface area contributed by atoms with Gasteiger partial charge in [-0.1, -0.05) is 15.9 Å². The Morgan fingerprint density at radius 1 is 1.00 bits per heavy atom. The lowest BCUT2D eigenvalue weighted by Gasteiger charge is -2.04. The molecule has 0 radical (unpaired) electrons. The Balaban J connectivity index is 2.10. The quantitative estimate of drug-likeness (QED) is 0.495. The molecule has 0 amide bonds. The molecule has 0 saturated carbocycles. The van der Waals surface area contributed by atoms with Crippen LogP contribution in [0.25, 0.3) is 0 Å². The third-order valence-electron chi connectivity index (χ3n) is 2.31. The van der Waals surface area contributed by atoms with E-state index in [1.165, 1.54) is 0 Å². The molecule has 0 spiro atoms. The summed E-state index contributed by atoms with van der Waals surface area (Å²) in [7, 11) is 0. The van der Waals surface area contributed by atoms with Gasteiger partial charge < -0.3 is 4.74 Å². The predicted molar refractivity (Wildman–Crippen MR) is 70.9 cm³/mol. The Bertz CT molecular complexity index is 559. The number of carbonyl (C=O) groups is 2. The van der Waals surface area contributed by atoms with E-state index in [9.17, 15) is 9.59 Å². The van der Waals surface area contributed by atoms with Crippen LogP contribution < -0.4 is 4.74 Å². The number of esters is 1. The van der Waals surface area contributed by atoms with Crippen molar-refractivity contribution in [3.8, 4) is 5.75 Å². The van der Waals surface area contributed by atoms with Crippen LogP contribution in [0.2, 0.25) is 0 Å². The van der Waals surface area contributed by atoms with Crippen molar-refractivity contribution in [1.82, 2.24) is 0 Å². The molecule has 2 aromatic carbocycles. The Labute approximate surface area is 113 Å². The lowest BCUT2D eigenvalue weighted by Crippen LogP contribution is -2.08. The van der Waals surface area contributed by atoms with Crippen molar-refractivity contribution in [2.75, 3.05) is 0 Å². The van der Waals surface area contributed by atoms with E-state index in [4.69, 9.17) is 4.74 Å². The van der Waals surface area contributed by atoms with E-state index < -0.39 is 5.97 Å². The van der Waals surface area contributed by atoms with Gasteiger partial charge in [-0.2, -0.15) is 0 Å². The Hall–Kier alpha value is -1.94. The summed E-state index contributed by atoms with van der Waals surface area (Å²) in [5.41, 5.74) is 1.01. The fourth-order valence-corrected chi connectivity index (χ4v) is 1.63. The van der Waals surface area contributed by atoms with Gasteiger partial charge in [-0.25, -0.2) is 4.79 Å². The molecule has 4 heteroatoms. The van der Waals surface area contributed by atoms with Crippen LogP contribution in [0.4, 0.5) is 0 Å². The lowest BCUT2D eigenvalue weighted by atomic mass is 10.2. The van der Waals surface area contributed by atoms with Crippen LogP contribution >= 0.6 is 15.9 Å². The molecule has 0 aliphatic carbocycles. The number of hydrogen-bond donors (Lipinski definition) is 0. The molecule has 90 valence electrons. The van der Waals surface area contributed by atoms with Crippen molar-refractivity contribution in [3.05, 3.63) is 64.1 Å². The van der Waals surface area contributed by atoms with E-state index in [0.717, 1.165) is 10.8 Å². The Morgan fingerprint density at radius 3 is 2.17 bits per heavy atom. The zero-order chi connectivity index (χ0) is 13.0. The average Bonchev–Trinajstić information content (AvgIpc) is 2.40. The van der Waals surface area contributed by atoms with Crippen molar-refractivity contribution in [3.63, 3.8) is 0 Å². The predicted octanol–water partition coefficient (Wildman–Crippen LogP) is 3.48. The second-order valence-corrected chi connectivity index (χ2v) is 4.50. The lowest BCUT2D eigenvalue weighted by molar-refractivity contribution is 0.0734. The van der Waals surface area contributed by atoms with Gasteiger partial charge >= 0.3 is 5.97 Å². The normalized spacial score (nSPS) is 9.83. The number of benzene rings is 2. The number of rotatable bonds is 3. The summed E-state index contributed by atoms with van der Waals surface area (Å²) in [4.78, 5) is 22.3. The van der Waals surface area contributed by atoms with Gasteiger partial charge in [0, 0.05) is 10.0 Å². The summed E-state index contributed by atoms with van der Waals surface area (Å²) in [6.07, 6.45) is 0.736. The molecule has 0 aromatic heterocycles. The van der Waals surface area contributed by atoms with Gasteiger partial charge in [-0.05, 0) is 48.5 Å². The third kappa shape index (κ3) is 3.05. The van der Waals surface area contributed by atoms with Crippen LogP contribution in [0.5, 0.6) is 5.75 Å². The summed E-state index contributed by atoms with van der Waals surface area (Å²) < 4.78 is 6.07. The van der Waals surface area contributed by atoms with Gasteiger partial charge in [0.2, 0.25) is 0 Å². The fraction of sp³-hybridized carbons (Fsp3) is 0. The molecule has 0 atom stereocenters. The van der Waals surface area contributed by atoms with Crippen LogP contribution in [0.15, 0.2) is 53.0 Å². The number of aldehydes is 1. The fourth-order valence-electron chi connectivity index (χ4n) is 1.37. The topological polar surface area (TPSA) is 43.4 Å². The molecule has 2 aromatic rings. The zero-order valence-corrected chi connectivity index (χ0v) is 10.9. The maximum Gasteiger partial charge on any atom is 0.343 e. The standard InChI is InChI=1S/C14H9BrO3/c15-12-5-3-11(4-6-12)14(17)18-13-7-1-10(9-16)2-8-13/h1-9H. The van der Waals surface area contributed by atoms with E-state index in [0.29, 0.717) is 16.9 Å². The molecule has 0 unspecified atom stereocenters. The number of halogens is 1. The van der Waals surface area contributed by atoms with Crippen LogP contribution in [0.1, 0.15) is 20.7 Å². The number of ether oxygens (including phenoxy) is 1. The molecule has 0 aliphatic heterocycles. The van der Waals surface area contributed by atoms with Gasteiger partial charge in [0.1, 0.15) is 12.0 Å². The summed E-state index contributed by atoms with van der Waals surface area (Å²) in [6.45, 7) is 0. The number of carbonyl (C=O) groups excluding carboxylic acids is 2. The van der Waals surface area contributed by atoms with Gasteiger partial charge in [-0.3, -0.25) is 4.79 Å². The van der Waals surface area contributed by atoms with Crippen molar-refractivity contribution in [2.45, 2.75) is 0 Å². The second kappa shape index (κ2) is 5.60. The molecule has 0 bridgehead atoms. The van der Waals surface area contributed by atoms with E-state index >= 15 is 0 Å². The maximum atomic E-state index is 11.8. The summed E-state index contributed by atoms with van der Waals surface area (Å²) in [5, 5.41) is 0. The maximum absolute atomic E-state index is 11.8. The summed E-state index contributed by atoms with van der Waals surface area (Å²) in [6, 6.07) is 13.2. The average molecular weight is 305 g/mol. The summed E-state index contributed by atoms with van der Waals surface area (Å²) >= 11 is 3.29. The molecule has 0 fully saturated rings. The molecule has 3 nitrogen and oxygen atoms in total. The molecule has 18 heavy (non-hydrogen) atoms. The zero-order valence-electron chi connectivity index (χ0n) is 9.30. The molecule has 0 saturated heterocycles. The van der Waals surface area contributed by atoms with E-state index in [-0.39, 0.29) is 0 Å². The number of hydrogen-bond acceptors (Lipinski definition) is 3. The third-order valence-corrected chi connectivity index (χ3v) is 2.84. The van der Waals surface area contributed by atoms with Crippen LogP contribution in [0, 0.1) is 0 Å². The summed E-state index contributed by atoms with van der Waals surface area (Å²) in [5.74, 6) is -0.0186. The first-order chi connectivity index (χ1) is 8.69. The molecule has 2 rings (SSSR count). The molecule has 0 aliphatic rings. The van der Waals surface area contributed by atoms with Gasteiger partial charge in [0.05, 0.1) is 5.56 Å². The van der Waals surface area contributed by atoms with Crippen molar-refractivity contribution >= 4 is 28.2 Å². The van der Waals surface area contributed by atoms with Crippen molar-refractivity contribution < 1.29 is 14.3 Å². The van der Waals surface area contributed by atoms with E-state index in [1.807, 2.05) is 0 Å². The van der Waals surface area contributed by atoms with Gasteiger partial charge in [0.15, 0.2) is 0 Å². The first-order valence-corrected chi connectivity index (χ1v) is 6.01. The smallest absolute Gasteiger partial charge is 0.343 e. The van der Waals surface area contributed by atoms with Gasteiger partial charge in [0.25, 0.3) is 0 Å². The minimum Gasteiger partial charge on any atom is -0.423 e. The van der Waals surface area contributed by atoms with Crippen LogP contribution in [-0.4, -0.2) is 12.3 Å². The molecular weight excluding hydrogens is 296 g/mol. The molecule has 0 heterocycles. The van der Waals surface area contributed by atoms with Crippen molar-refractivity contribution in [1.29, 1.82) is 0 Å². The van der Waals surface area contributed by atoms with Crippen molar-refractivity contribution in [2.24, 2.45) is 0 Å². The molecule has 0 N–H and O–H groups in total. The minimum atomic E-state index is -0.429. The van der Waals surface area contributed by atoms with E-state index in [2.05, 4.69) is 15.9 Å². The highest BCUT2D eigenvalue weighted by Crippen LogP contribution is 2.15. The monoisotopic (exact) mass is 304 g/mol.